The molecule has 130 heavy (non-hydrogen) atoms. The van der Waals surface area contributed by atoms with Crippen LogP contribution in [0.15, 0.2) is 134 Å². The van der Waals surface area contributed by atoms with Gasteiger partial charge in [-0.15, -0.1) is 0 Å². The van der Waals surface area contributed by atoms with Crippen molar-refractivity contribution in [1.29, 1.82) is 0 Å². The summed E-state index contributed by atoms with van der Waals surface area (Å²) in [4.78, 5) is 77.2. The SMILES string of the molecule is CC1(C)CCC[C@@]2(C)CC(=O)[C@@H]3C=C[C@]312.CC1(C)CCC[C@]2(C)CC(=O)[C@H]3C=C[C@@]312.COc1cc2c(cc1OC)C13CC=CC(=O)C2C1(C)CCCC3(C)C.COc1cc2c(cc1OC)C13CC=CC(=O)C2C1(C)CCCC3(C)C.COc1ccc([C@@H]2[C@H]3C=C[C@@]4(C3=O)C(C)(C)CCCC24C)cc1OC.COc1ccc([C@H]2[C@@H]3C=C[C@]4(C3=O)C(C)(C)CCCC24C)cc1OC. The van der Waals surface area contributed by atoms with Gasteiger partial charge in [0.05, 0.1) is 79.5 Å². The molecular weight excluding hydrogens is 1620 g/mol. The van der Waals surface area contributed by atoms with E-state index in [0.717, 1.165) is 121 Å². The Kier molecular flexibility index (Phi) is 22.4. The van der Waals surface area contributed by atoms with Crippen molar-refractivity contribution in [3.05, 3.63) is 167 Å². The fourth-order valence-electron chi connectivity index (χ4n) is 35.7. The maximum Gasteiger partial charge on any atom is 0.163 e. The fourth-order valence-corrected chi connectivity index (χ4v) is 35.7. The van der Waals surface area contributed by atoms with E-state index in [4.69, 9.17) is 37.9 Å². The van der Waals surface area contributed by atoms with E-state index in [-0.39, 0.29) is 146 Å². The summed E-state index contributed by atoms with van der Waals surface area (Å²) in [6, 6.07) is 20.8. The average Bonchev–Trinajstić information content (AvgIpc) is 1.50. The Morgan fingerprint density at radius 1 is 0.300 bits per heavy atom. The Bertz CT molecular complexity index is 5160. The third kappa shape index (κ3) is 11.8. The number of Topliss-reactive ketones (excluding diaryl/α,β-unsaturated/α-hetero) is 4. The highest BCUT2D eigenvalue weighted by molar-refractivity contribution is 6.02. The molecule has 700 valence electrons. The van der Waals surface area contributed by atoms with Crippen LogP contribution in [0.3, 0.4) is 0 Å². The molecule has 22 rings (SSSR count). The minimum absolute atomic E-state index is 0.00758. The normalized spacial score (nSPS) is 39.7. The number of ketones is 6. The van der Waals surface area contributed by atoms with Crippen LogP contribution in [0.1, 0.15) is 323 Å². The summed E-state index contributed by atoms with van der Waals surface area (Å²) < 4.78 is 44.2. The molecule has 20 atom stereocenters. The van der Waals surface area contributed by atoms with Crippen molar-refractivity contribution >= 4 is 34.7 Å². The number of ether oxygens (including phenoxy) is 8. The molecule has 0 radical (unpaired) electrons. The third-order valence-corrected chi connectivity index (χ3v) is 41.4. The minimum atomic E-state index is -0.333. The predicted molar refractivity (Wildman–Crippen MR) is 514 cm³/mol. The largest absolute Gasteiger partial charge is 0.493 e. The van der Waals surface area contributed by atoms with Gasteiger partial charge >= 0.3 is 0 Å². The number of allylic oxidation sites excluding steroid dienone is 12. The van der Waals surface area contributed by atoms with E-state index in [0.29, 0.717) is 34.0 Å². The summed E-state index contributed by atoms with van der Waals surface area (Å²) in [7, 11) is 13.3. The van der Waals surface area contributed by atoms with Gasteiger partial charge in [0.25, 0.3) is 0 Å². The van der Waals surface area contributed by atoms with Gasteiger partial charge in [0.15, 0.2) is 69.1 Å². The molecule has 0 saturated heterocycles. The topological polar surface area (TPSA) is 176 Å². The van der Waals surface area contributed by atoms with E-state index in [1.54, 1.807) is 56.9 Å². The van der Waals surface area contributed by atoms with E-state index in [9.17, 15) is 28.8 Å². The number of carbonyl (C=O) groups is 6. The quantitative estimate of drug-likeness (QED) is 0.137. The molecule has 8 bridgehead atoms. The standard InChI is InChI=1S/4C22H28O3.2C14H20O/c2*1-20(2)10-6-11-21(3)18(15-9-12-22(20,21)19(15)23)14-7-8-16(24-4)17(13-14)25-5;2*1-20(2)9-7-10-21(3)19-14-12-17(24-4)18(25-5)13-15(14)22(20,21)11-6-8-16(19)23;2*1-12(2)6-4-7-13(3)9-11(15)10-5-8-14(10,12)13/h2*7-9,12-13,15,18H,6,10-11H2,1-5H3;2*6,8,12-13,19H,7,9-11H2,1-5H3;2*5,8,10H,4,6-7,9H2,1-3H3/t2*15-,18-,21?,22-;;;2*10-,13-,14-/m10..10/s1. The van der Waals surface area contributed by atoms with Gasteiger partial charge < -0.3 is 37.9 Å². The second-order valence-corrected chi connectivity index (χ2v) is 48.5. The average molecular weight is 1770 g/mol. The minimum Gasteiger partial charge on any atom is -0.493 e. The fraction of sp³-hybridized carbons (Fsp3) is 0.638. The highest BCUT2D eigenvalue weighted by atomic mass is 16.5. The number of rotatable bonds is 10. The van der Waals surface area contributed by atoms with Crippen LogP contribution in [0, 0.1) is 110 Å². The smallest absolute Gasteiger partial charge is 0.163 e. The van der Waals surface area contributed by atoms with Crippen molar-refractivity contribution in [2.75, 3.05) is 56.9 Å². The van der Waals surface area contributed by atoms with Crippen LogP contribution in [0.5, 0.6) is 46.0 Å². The number of hydrogen-bond acceptors (Lipinski definition) is 14. The first-order valence-corrected chi connectivity index (χ1v) is 49.4. The van der Waals surface area contributed by atoms with E-state index in [1.807, 2.05) is 24.3 Å². The van der Waals surface area contributed by atoms with Gasteiger partial charge in [-0.2, -0.15) is 0 Å². The van der Waals surface area contributed by atoms with Crippen molar-refractivity contribution in [1.82, 2.24) is 0 Å². The second-order valence-electron chi connectivity index (χ2n) is 48.5. The van der Waals surface area contributed by atoms with Gasteiger partial charge in [-0.3, -0.25) is 28.8 Å². The molecule has 0 aromatic heterocycles. The van der Waals surface area contributed by atoms with Gasteiger partial charge in [-0.05, 0) is 249 Å². The van der Waals surface area contributed by atoms with Crippen molar-refractivity contribution in [3.63, 3.8) is 0 Å². The number of methoxy groups -OCH3 is 8. The van der Waals surface area contributed by atoms with Crippen molar-refractivity contribution < 1.29 is 66.7 Å². The Labute approximate surface area is 777 Å². The monoisotopic (exact) mass is 1770 g/mol. The predicted octanol–water partition coefficient (Wildman–Crippen LogP) is 25.8. The lowest BCUT2D eigenvalue weighted by atomic mass is 9.42. The van der Waals surface area contributed by atoms with Gasteiger partial charge in [0.2, 0.25) is 0 Å². The van der Waals surface area contributed by atoms with E-state index in [1.165, 1.54) is 99.3 Å². The first kappa shape index (κ1) is 93.5. The summed E-state index contributed by atoms with van der Waals surface area (Å²) in [5, 5.41) is 0. The lowest BCUT2D eigenvalue weighted by molar-refractivity contribution is -0.139. The number of carbonyl (C=O) groups excluding carboxylic acids is 6. The zero-order valence-electron chi connectivity index (χ0n) is 83.6. The Hall–Kier alpha value is -8.26. The molecule has 0 heterocycles. The molecule has 18 aliphatic rings. The van der Waals surface area contributed by atoms with E-state index < -0.39 is 0 Å². The summed E-state index contributed by atoms with van der Waals surface area (Å²) in [5.41, 5.74) is 8.18. The first-order valence-electron chi connectivity index (χ1n) is 49.4. The zero-order chi connectivity index (χ0) is 93.9. The molecule has 14 nitrogen and oxygen atoms in total. The van der Waals surface area contributed by atoms with Crippen LogP contribution in [0.4, 0.5) is 0 Å². The zero-order valence-corrected chi connectivity index (χ0v) is 83.6. The first-order chi connectivity index (χ1) is 61.1. The summed E-state index contributed by atoms with van der Waals surface area (Å²) in [5.74, 6) is 9.00. The van der Waals surface area contributed by atoms with Crippen molar-refractivity contribution in [3.8, 4) is 46.0 Å². The van der Waals surface area contributed by atoms with Crippen LogP contribution in [0.2, 0.25) is 0 Å². The van der Waals surface area contributed by atoms with Crippen molar-refractivity contribution in [2.24, 2.45) is 110 Å². The van der Waals surface area contributed by atoms with Crippen LogP contribution in [0.25, 0.3) is 0 Å². The number of benzene rings is 4. The molecule has 4 aromatic carbocycles. The molecule has 0 amide bonds. The maximum absolute atomic E-state index is 13.5. The van der Waals surface area contributed by atoms with Crippen LogP contribution < -0.4 is 37.9 Å². The molecule has 8 unspecified atom stereocenters. The molecule has 18 aliphatic carbocycles. The second kappa shape index (κ2) is 31.2. The molecule has 10 fully saturated rings. The molecule has 4 spiro atoms. The Balaban J connectivity index is 0.000000110. The molecular formula is C116H152O14. The molecule has 14 heteroatoms. The van der Waals surface area contributed by atoms with E-state index in [2.05, 4.69) is 234 Å². The highest BCUT2D eigenvalue weighted by Gasteiger charge is 2.78. The Morgan fingerprint density at radius 2 is 0.600 bits per heavy atom. The molecule has 4 aromatic rings. The van der Waals surface area contributed by atoms with Gasteiger partial charge in [0.1, 0.15) is 11.6 Å². The highest BCUT2D eigenvalue weighted by Crippen LogP contribution is 2.81. The molecule has 10 saturated carbocycles. The Morgan fingerprint density at radius 3 is 0.915 bits per heavy atom. The molecule has 0 aliphatic heterocycles. The number of fused-ring (bicyclic) bond motifs is 6. The van der Waals surface area contributed by atoms with Crippen LogP contribution in [-0.4, -0.2) is 91.6 Å². The van der Waals surface area contributed by atoms with Gasteiger partial charge in [0, 0.05) is 70.0 Å². The van der Waals surface area contributed by atoms with E-state index >= 15 is 0 Å². The maximum atomic E-state index is 13.5. The van der Waals surface area contributed by atoms with Crippen molar-refractivity contribution in [2.45, 2.75) is 300 Å². The lowest BCUT2D eigenvalue weighted by Crippen LogP contribution is -2.55. The van der Waals surface area contributed by atoms with Gasteiger partial charge in [-0.1, -0.05) is 236 Å². The van der Waals surface area contributed by atoms with Crippen LogP contribution in [-0.2, 0) is 39.6 Å². The third-order valence-electron chi connectivity index (χ3n) is 41.4. The molecule has 0 N–H and O–H groups in total. The summed E-state index contributed by atoms with van der Waals surface area (Å²) in [6.07, 6.45) is 50.6. The number of hydrogen-bond donors (Lipinski definition) is 0. The van der Waals surface area contributed by atoms with Gasteiger partial charge in [-0.25, -0.2) is 0 Å². The summed E-state index contributed by atoms with van der Waals surface area (Å²) in [6.45, 7) is 42.2. The lowest BCUT2D eigenvalue weighted by Gasteiger charge is -2.61. The summed E-state index contributed by atoms with van der Waals surface area (Å²) >= 11 is 0. The van der Waals surface area contributed by atoms with Crippen LogP contribution >= 0.6 is 0 Å².